The molecule has 0 saturated heterocycles. The van der Waals surface area contributed by atoms with Crippen LogP contribution in [0.2, 0.25) is 5.02 Å². The maximum absolute atomic E-state index is 11.6. The average molecular weight is 289 g/mol. The third kappa shape index (κ3) is 2.37. The number of benzene rings is 2. The summed E-state index contributed by atoms with van der Waals surface area (Å²) in [5, 5.41) is 0.705. The van der Waals surface area contributed by atoms with Crippen molar-refractivity contribution in [3.05, 3.63) is 64.2 Å². The van der Waals surface area contributed by atoms with Crippen LogP contribution in [0.1, 0.15) is 27.6 Å². The highest BCUT2D eigenvalue weighted by Crippen LogP contribution is 2.38. The molecule has 1 unspecified atom stereocenters. The lowest BCUT2D eigenvalue weighted by molar-refractivity contribution is 0.0600. The van der Waals surface area contributed by atoms with E-state index in [1.165, 1.54) is 7.11 Å². The number of hydrogen-bond acceptors (Lipinski definition) is 3. The molecule has 2 aromatic carbocycles. The quantitative estimate of drug-likeness (QED) is 0.789. The third-order valence-corrected chi connectivity index (χ3v) is 3.61. The first-order chi connectivity index (χ1) is 9.67. The summed E-state index contributed by atoms with van der Waals surface area (Å²) in [5.74, 6) is 0.508. The second-order valence-electron chi connectivity index (χ2n) is 4.68. The lowest BCUT2D eigenvalue weighted by Gasteiger charge is -2.11. The topological polar surface area (TPSA) is 35.5 Å². The number of methoxy groups -OCH3 is 1. The highest BCUT2D eigenvalue weighted by Gasteiger charge is 2.25. The molecule has 20 heavy (non-hydrogen) atoms. The highest BCUT2D eigenvalue weighted by atomic mass is 35.5. The average Bonchev–Trinajstić information content (AvgIpc) is 2.89. The molecule has 3 nitrogen and oxygen atoms in total. The second kappa shape index (κ2) is 5.17. The molecule has 1 aliphatic heterocycles. The molecule has 4 heteroatoms. The van der Waals surface area contributed by atoms with E-state index in [9.17, 15) is 4.79 Å². The smallest absolute Gasteiger partial charge is 0.337 e. The maximum atomic E-state index is 11.6. The summed E-state index contributed by atoms with van der Waals surface area (Å²) in [6.07, 6.45) is 0.661. The van der Waals surface area contributed by atoms with Crippen molar-refractivity contribution in [3.63, 3.8) is 0 Å². The number of fused-ring (bicyclic) bond motifs is 1. The summed E-state index contributed by atoms with van der Waals surface area (Å²) in [4.78, 5) is 11.6. The normalized spacial score (nSPS) is 16.4. The van der Waals surface area contributed by atoms with Crippen LogP contribution in [0.3, 0.4) is 0 Å². The number of halogens is 1. The molecule has 0 amide bonds. The van der Waals surface area contributed by atoms with Gasteiger partial charge in [-0.05, 0) is 41.5 Å². The van der Waals surface area contributed by atoms with Gasteiger partial charge in [-0.1, -0.05) is 23.7 Å². The molecular formula is C16H13ClO3. The summed E-state index contributed by atoms with van der Waals surface area (Å²) >= 11 is 5.99. The minimum atomic E-state index is -0.342. The van der Waals surface area contributed by atoms with Crippen molar-refractivity contribution in [2.24, 2.45) is 0 Å². The predicted molar refractivity (Wildman–Crippen MR) is 76.3 cm³/mol. The van der Waals surface area contributed by atoms with E-state index in [1.807, 2.05) is 36.4 Å². The van der Waals surface area contributed by atoms with Gasteiger partial charge in [0, 0.05) is 11.4 Å². The van der Waals surface area contributed by atoms with Crippen LogP contribution >= 0.6 is 11.6 Å². The molecule has 0 spiro atoms. The van der Waals surface area contributed by atoms with Crippen molar-refractivity contribution >= 4 is 17.6 Å². The highest BCUT2D eigenvalue weighted by molar-refractivity contribution is 6.30. The van der Waals surface area contributed by atoms with Crippen molar-refractivity contribution in [1.29, 1.82) is 0 Å². The summed E-state index contributed by atoms with van der Waals surface area (Å²) in [7, 11) is 1.37. The molecule has 0 radical (unpaired) electrons. The number of esters is 1. The van der Waals surface area contributed by atoms with Gasteiger partial charge < -0.3 is 9.47 Å². The fraction of sp³-hybridized carbons (Fsp3) is 0.188. The molecule has 0 bridgehead atoms. The summed E-state index contributed by atoms with van der Waals surface area (Å²) in [6, 6.07) is 12.9. The van der Waals surface area contributed by atoms with Gasteiger partial charge in [-0.3, -0.25) is 0 Å². The third-order valence-electron chi connectivity index (χ3n) is 3.38. The van der Waals surface area contributed by atoms with Gasteiger partial charge in [0.2, 0.25) is 0 Å². The van der Waals surface area contributed by atoms with Crippen LogP contribution in [0.5, 0.6) is 5.75 Å². The van der Waals surface area contributed by atoms with Crippen LogP contribution in [-0.2, 0) is 11.2 Å². The first-order valence-electron chi connectivity index (χ1n) is 6.31. The van der Waals surface area contributed by atoms with Crippen LogP contribution in [0.15, 0.2) is 42.5 Å². The molecule has 0 fully saturated rings. The molecule has 1 aliphatic rings. The van der Waals surface area contributed by atoms with Gasteiger partial charge in [0.25, 0.3) is 0 Å². The monoisotopic (exact) mass is 288 g/mol. The zero-order chi connectivity index (χ0) is 14.1. The molecular weight excluding hydrogens is 276 g/mol. The lowest BCUT2D eigenvalue weighted by Crippen LogP contribution is -2.06. The Morgan fingerprint density at radius 3 is 2.95 bits per heavy atom. The summed E-state index contributed by atoms with van der Waals surface area (Å²) < 4.78 is 10.6. The Labute approximate surface area is 122 Å². The van der Waals surface area contributed by atoms with E-state index >= 15 is 0 Å². The predicted octanol–water partition coefficient (Wildman–Crippen LogP) is 3.80. The van der Waals surface area contributed by atoms with E-state index < -0.39 is 0 Å². The van der Waals surface area contributed by atoms with E-state index in [1.54, 1.807) is 6.07 Å². The standard InChI is InChI=1S/C16H13ClO3/c1-19-16(18)11-4-2-3-10(7-11)15-9-12-8-13(17)5-6-14(12)20-15/h2-8,15H,9H2,1H3. The van der Waals surface area contributed by atoms with E-state index in [2.05, 4.69) is 0 Å². The van der Waals surface area contributed by atoms with E-state index in [4.69, 9.17) is 21.1 Å². The van der Waals surface area contributed by atoms with Crippen LogP contribution < -0.4 is 4.74 Å². The zero-order valence-electron chi connectivity index (χ0n) is 10.9. The van der Waals surface area contributed by atoms with Crippen molar-refractivity contribution in [3.8, 4) is 5.75 Å². The first kappa shape index (κ1) is 13.0. The molecule has 0 N–H and O–H groups in total. The number of carbonyl (C=O) groups is 1. The molecule has 2 aromatic rings. The zero-order valence-corrected chi connectivity index (χ0v) is 11.7. The van der Waals surface area contributed by atoms with Crippen LogP contribution in [0.4, 0.5) is 0 Å². The van der Waals surface area contributed by atoms with Crippen molar-refractivity contribution in [2.75, 3.05) is 7.11 Å². The van der Waals surface area contributed by atoms with E-state index in [0.29, 0.717) is 10.6 Å². The van der Waals surface area contributed by atoms with Gasteiger partial charge in [0.05, 0.1) is 12.7 Å². The molecule has 0 aromatic heterocycles. The van der Waals surface area contributed by atoms with Gasteiger partial charge in [0.15, 0.2) is 0 Å². The largest absolute Gasteiger partial charge is 0.485 e. The van der Waals surface area contributed by atoms with E-state index in [0.717, 1.165) is 23.3 Å². The van der Waals surface area contributed by atoms with Crippen LogP contribution in [0.25, 0.3) is 0 Å². The van der Waals surface area contributed by atoms with Gasteiger partial charge in [-0.25, -0.2) is 4.79 Å². The van der Waals surface area contributed by atoms with Crippen LogP contribution in [-0.4, -0.2) is 13.1 Å². The molecule has 3 rings (SSSR count). The number of rotatable bonds is 2. The number of hydrogen-bond donors (Lipinski definition) is 0. The second-order valence-corrected chi connectivity index (χ2v) is 5.12. The fourth-order valence-electron chi connectivity index (χ4n) is 2.39. The molecule has 102 valence electrons. The fourth-order valence-corrected chi connectivity index (χ4v) is 2.58. The Balaban J connectivity index is 1.87. The van der Waals surface area contributed by atoms with E-state index in [-0.39, 0.29) is 12.1 Å². The maximum Gasteiger partial charge on any atom is 0.337 e. The van der Waals surface area contributed by atoms with Crippen LogP contribution in [0, 0.1) is 0 Å². The lowest BCUT2D eigenvalue weighted by atomic mass is 10.0. The molecule has 0 saturated carbocycles. The Bertz CT molecular complexity index is 667. The van der Waals surface area contributed by atoms with Gasteiger partial charge in [0.1, 0.15) is 11.9 Å². The Hall–Kier alpha value is -2.00. The van der Waals surface area contributed by atoms with Gasteiger partial charge in [-0.2, -0.15) is 0 Å². The Morgan fingerprint density at radius 2 is 2.15 bits per heavy atom. The first-order valence-corrected chi connectivity index (χ1v) is 6.68. The SMILES string of the molecule is COC(=O)c1cccc(C2Cc3cc(Cl)ccc3O2)c1. The Kier molecular flexibility index (Phi) is 3.36. The van der Waals surface area contributed by atoms with Crippen molar-refractivity contribution < 1.29 is 14.3 Å². The van der Waals surface area contributed by atoms with Crippen molar-refractivity contribution in [1.82, 2.24) is 0 Å². The molecule has 1 atom stereocenters. The van der Waals surface area contributed by atoms with Gasteiger partial charge in [-0.15, -0.1) is 0 Å². The molecule has 0 aliphatic carbocycles. The number of carbonyl (C=O) groups excluding carboxylic acids is 1. The summed E-state index contributed by atoms with van der Waals surface area (Å²) in [6.45, 7) is 0. The summed E-state index contributed by atoms with van der Waals surface area (Å²) in [5.41, 5.74) is 2.58. The number of ether oxygens (including phenoxy) is 2. The van der Waals surface area contributed by atoms with Crippen molar-refractivity contribution in [2.45, 2.75) is 12.5 Å². The molecule has 1 heterocycles. The minimum absolute atomic E-state index is 0.0897. The Morgan fingerprint density at radius 1 is 1.30 bits per heavy atom. The minimum Gasteiger partial charge on any atom is -0.485 e. The van der Waals surface area contributed by atoms with Gasteiger partial charge >= 0.3 is 5.97 Å².